The molecule has 0 aliphatic rings. The van der Waals surface area contributed by atoms with Crippen molar-refractivity contribution in [1.29, 1.82) is 0 Å². The van der Waals surface area contributed by atoms with E-state index in [2.05, 4.69) is 20.6 Å². The molecule has 1 aromatic carbocycles. The molecule has 2 N–H and O–H groups in total. The van der Waals surface area contributed by atoms with Gasteiger partial charge in [0.2, 0.25) is 0 Å². The van der Waals surface area contributed by atoms with Crippen molar-refractivity contribution in [1.82, 2.24) is 25.1 Å². The summed E-state index contributed by atoms with van der Waals surface area (Å²) < 4.78 is 31.9. The van der Waals surface area contributed by atoms with E-state index >= 15 is 0 Å². The molecule has 32 heavy (non-hydrogen) atoms. The van der Waals surface area contributed by atoms with E-state index in [1.54, 1.807) is 14.1 Å². The zero-order valence-corrected chi connectivity index (χ0v) is 21.3. The maximum absolute atomic E-state index is 12.9. The molecule has 1 aromatic heterocycles. The molecule has 0 bridgehead atoms. The number of halogens is 3. The molecule has 0 aliphatic carbocycles. The smallest absolute Gasteiger partial charge is 0.410 e. The van der Waals surface area contributed by atoms with Gasteiger partial charge >= 0.3 is 12.6 Å². The summed E-state index contributed by atoms with van der Waals surface area (Å²) in [6.45, 7) is 3.89. The first kappa shape index (κ1) is 27.6. The molecular weight excluding hydrogens is 533 g/mol. The molecule has 1 heterocycles. The van der Waals surface area contributed by atoms with E-state index in [0.29, 0.717) is 19.0 Å². The second kappa shape index (κ2) is 12.6. The fourth-order valence-electron chi connectivity index (χ4n) is 2.67. The zero-order chi connectivity index (χ0) is 23.0. The highest BCUT2D eigenvalue weighted by Crippen LogP contribution is 2.13. The lowest BCUT2D eigenvalue weighted by Crippen LogP contribution is -2.37. The largest absolute Gasteiger partial charge is 0.444 e. The molecule has 2 aromatic rings. The number of imidazole rings is 1. The van der Waals surface area contributed by atoms with Crippen molar-refractivity contribution in [2.45, 2.75) is 52.6 Å². The van der Waals surface area contributed by atoms with Crippen molar-refractivity contribution in [3.05, 3.63) is 53.6 Å². The maximum Gasteiger partial charge on any atom is 0.410 e. The molecule has 8 nitrogen and oxygen atoms in total. The summed E-state index contributed by atoms with van der Waals surface area (Å²) in [4.78, 5) is 21.6. The molecule has 0 saturated heterocycles. The summed E-state index contributed by atoms with van der Waals surface area (Å²) in [6, 6.07) is 7.77. The molecular formula is C21H31F2IN6O2. The molecule has 2 rings (SSSR count). The number of nitrogens with zero attached hydrogens (tertiary/aromatic N) is 4. The Morgan fingerprint density at radius 2 is 1.78 bits per heavy atom. The van der Waals surface area contributed by atoms with Crippen LogP contribution in [0.25, 0.3) is 0 Å². The van der Waals surface area contributed by atoms with Crippen LogP contribution in [0.4, 0.5) is 13.6 Å². The van der Waals surface area contributed by atoms with E-state index < -0.39 is 12.2 Å². The summed E-state index contributed by atoms with van der Waals surface area (Å²) in [7, 11) is 3.29. The van der Waals surface area contributed by atoms with Crippen molar-refractivity contribution in [3.8, 4) is 0 Å². The Labute approximate surface area is 204 Å². The Hall–Kier alpha value is -2.44. The van der Waals surface area contributed by atoms with Crippen LogP contribution >= 0.6 is 24.0 Å². The first-order chi connectivity index (χ1) is 14.6. The highest BCUT2D eigenvalue weighted by molar-refractivity contribution is 14.0. The summed E-state index contributed by atoms with van der Waals surface area (Å²) in [5.41, 5.74) is 1.44. The second-order valence-electron chi connectivity index (χ2n) is 7.96. The number of rotatable bonds is 7. The van der Waals surface area contributed by atoms with Gasteiger partial charge in [-0.25, -0.2) is 9.78 Å². The fourth-order valence-corrected chi connectivity index (χ4v) is 2.67. The fraction of sp³-hybridized carbons (Fsp3) is 0.476. The summed E-state index contributed by atoms with van der Waals surface area (Å²) in [5, 5.41) is 6.10. The minimum Gasteiger partial charge on any atom is -0.444 e. The molecule has 0 spiro atoms. The third kappa shape index (κ3) is 8.97. The SMILES string of the molecule is CN=C(NCc1ccc(CN(C)C(=O)OC(C)(C)C)cc1)NCc1nccn1C(F)F.I. The van der Waals surface area contributed by atoms with Gasteiger partial charge in [-0.2, -0.15) is 8.78 Å². The topological polar surface area (TPSA) is 83.8 Å². The van der Waals surface area contributed by atoms with Crippen molar-refractivity contribution < 1.29 is 18.3 Å². The molecule has 178 valence electrons. The highest BCUT2D eigenvalue weighted by Gasteiger charge is 2.19. The average molecular weight is 564 g/mol. The van der Waals surface area contributed by atoms with Crippen molar-refractivity contribution in [2.75, 3.05) is 14.1 Å². The minimum absolute atomic E-state index is 0. The molecule has 0 unspecified atom stereocenters. The third-order valence-corrected chi connectivity index (χ3v) is 4.20. The number of hydrogen-bond donors (Lipinski definition) is 2. The van der Waals surface area contributed by atoms with E-state index in [9.17, 15) is 13.6 Å². The van der Waals surface area contributed by atoms with Gasteiger partial charge in [-0.15, -0.1) is 24.0 Å². The first-order valence-corrected chi connectivity index (χ1v) is 9.85. The van der Waals surface area contributed by atoms with Crippen LogP contribution in [-0.2, 0) is 24.4 Å². The number of hydrogen-bond acceptors (Lipinski definition) is 4. The van der Waals surface area contributed by atoms with Crippen LogP contribution in [0, 0.1) is 0 Å². The van der Waals surface area contributed by atoms with Gasteiger partial charge in [-0.1, -0.05) is 24.3 Å². The lowest BCUT2D eigenvalue weighted by atomic mass is 10.1. The molecule has 0 saturated carbocycles. The van der Waals surface area contributed by atoms with Crippen molar-refractivity contribution in [2.24, 2.45) is 4.99 Å². The molecule has 1 amide bonds. The monoisotopic (exact) mass is 564 g/mol. The molecule has 0 atom stereocenters. The molecule has 0 radical (unpaired) electrons. The Bertz CT molecular complexity index is 881. The number of benzene rings is 1. The van der Waals surface area contributed by atoms with E-state index in [-0.39, 0.29) is 42.4 Å². The minimum atomic E-state index is -2.64. The third-order valence-electron chi connectivity index (χ3n) is 4.20. The van der Waals surface area contributed by atoms with E-state index in [1.165, 1.54) is 17.3 Å². The van der Waals surface area contributed by atoms with Crippen molar-refractivity contribution in [3.63, 3.8) is 0 Å². The van der Waals surface area contributed by atoms with Crippen LogP contribution < -0.4 is 10.6 Å². The van der Waals surface area contributed by atoms with Gasteiger partial charge in [0.25, 0.3) is 0 Å². The average Bonchev–Trinajstić information content (AvgIpc) is 3.17. The zero-order valence-electron chi connectivity index (χ0n) is 18.9. The number of ether oxygens (including phenoxy) is 1. The normalized spacial score (nSPS) is 11.7. The second-order valence-corrected chi connectivity index (χ2v) is 7.96. The molecule has 0 fully saturated rings. The number of guanidine groups is 1. The Kier molecular flexibility index (Phi) is 10.8. The van der Waals surface area contributed by atoms with Crippen LogP contribution in [0.2, 0.25) is 0 Å². The predicted octanol–water partition coefficient (Wildman–Crippen LogP) is 4.13. The lowest BCUT2D eigenvalue weighted by molar-refractivity contribution is 0.0285. The van der Waals surface area contributed by atoms with E-state index in [4.69, 9.17) is 4.74 Å². The Balaban J connectivity index is 0.00000512. The summed E-state index contributed by atoms with van der Waals surface area (Å²) >= 11 is 0. The Morgan fingerprint density at radius 1 is 1.19 bits per heavy atom. The maximum atomic E-state index is 12.9. The van der Waals surface area contributed by atoms with Gasteiger partial charge in [-0.3, -0.25) is 9.56 Å². The predicted molar refractivity (Wildman–Crippen MR) is 130 cm³/mol. The van der Waals surface area contributed by atoms with Gasteiger partial charge in [0.15, 0.2) is 5.96 Å². The van der Waals surface area contributed by atoms with Crippen LogP contribution in [0.3, 0.4) is 0 Å². The van der Waals surface area contributed by atoms with Crippen LogP contribution in [0.15, 0.2) is 41.7 Å². The number of carbonyl (C=O) groups excluding carboxylic acids is 1. The number of amides is 1. The molecule has 0 aliphatic heterocycles. The van der Waals surface area contributed by atoms with Gasteiger partial charge in [0.1, 0.15) is 11.4 Å². The van der Waals surface area contributed by atoms with Gasteiger partial charge in [-0.05, 0) is 31.9 Å². The number of alkyl halides is 2. The van der Waals surface area contributed by atoms with E-state index in [1.807, 2.05) is 45.0 Å². The summed E-state index contributed by atoms with van der Waals surface area (Å²) in [5.74, 6) is 0.689. The van der Waals surface area contributed by atoms with Crippen LogP contribution in [-0.4, -0.2) is 46.2 Å². The molecule has 11 heteroatoms. The van der Waals surface area contributed by atoms with Gasteiger partial charge in [0.05, 0.1) is 6.54 Å². The highest BCUT2D eigenvalue weighted by atomic mass is 127. The quantitative estimate of drug-likeness (QED) is 0.300. The lowest BCUT2D eigenvalue weighted by Gasteiger charge is -2.24. The van der Waals surface area contributed by atoms with Gasteiger partial charge in [0, 0.05) is 39.6 Å². The van der Waals surface area contributed by atoms with E-state index in [0.717, 1.165) is 15.7 Å². The number of aromatic nitrogens is 2. The number of nitrogens with one attached hydrogen (secondary N) is 2. The van der Waals surface area contributed by atoms with Gasteiger partial charge < -0.3 is 20.3 Å². The van der Waals surface area contributed by atoms with Crippen LogP contribution in [0.5, 0.6) is 0 Å². The number of carbonyl (C=O) groups is 1. The first-order valence-electron chi connectivity index (χ1n) is 9.85. The summed E-state index contributed by atoms with van der Waals surface area (Å²) in [6.07, 6.45) is 2.20. The van der Waals surface area contributed by atoms with Crippen LogP contribution in [0.1, 0.15) is 44.3 Å². The number of aliphatic imine (C=N–C) groups is 1. The van der Waals surface area contributed by atoms with Crippen molar-refractivity contribution >= 4 is 36.0 Å². The Morgan fingerprint density at radius 3 is 2.34 bits per heavy atom. The standard InChI is InChI=1S/C21H30F2N6O2.HI/c1-21(2,3)31-20(30)28(5)14-16-8-6-15(7-9-16)12-26-19(24-4)27-13-17-25-10-11-29(17)18(22)23;/h6-11,18H,12-14H2,1-5H3,(H2,24,26,27);1H.